The van der Waals surface area contributed by atoms with Gasteiger partial charge < -0.3 is 15.4 Å². The molecular formula is C17H33N3O2S. The summed E-state index contributed by atoms with van der Waals surface area (Å²) in [5, 5.41) is 7.21. The molecule has 2 rings (SSSR count). The summed E-state index contributed by atoms with van der Waals surface area (Å²) in [6, 6.07) is 0.390. The first-order valence-electron chi connectivity index (χ1n) is 9.15. The van der Waals surface area contributed by atoms with Gasteiger partial charge in [-0.15, -0.1) is 0 Å². The molecule has 3 unspecified atom stereocenters. The summed E-state index contributed by atoms with van der Waals surface area (Å²) in [5.74, 6) is 2.47. The number of hydrogen-bond donors (Lipinski definition) is 2. The molecule has 0 amide bonds. The Kier molecular flexibility index (Phi) is 8.37. The quantitative estimate of drug-likeness (QED) is 0.382. The van der Waals surface area contributed by atoms with Crippen molar-refractivity contribution in [2.24, 2.45) is 10.9 Å². The van der Waals surface area contributed by atoms with Crippen molar-refractivity contribution in [3.8, 4) is 0 Å². The van der Waals surface area contributed by atoms with Crippen molar-refractivity contribution in [3.63, 3.8) is 0 Å². The fourth-order valence-electron chi connectivity index (χ4n) is 3.05. The highest BCUT2D eigenvalue weighted by Crippen LogP contribution is 2.28. The number of ether oxygens (including phenoxy) is 1. The molecule has 0 bridgehead atoms. The number of nitrogens with one attached hydrogen (secondary N) is 2. The predicted octanol–water partition coefficient (Wildman–Crippen LogP) is 2.05. The van der Waals surface area contributed by atoms with E-state index in [0.29, 0.717) is 11.3 Å². The number of guanidine groups is 1. The van der Waals surface area contributed by atoms with Crippen LogP contribution in [0.3, 0.4) is 0 Å². The topological polar surface area (TPSA) is 62.7 Å². The lowest BCUT2D eigenvalue weighted by atomic mass is 9.95. The third-order valence-electron chi connectivity index (χ3n) is 4.66. The summed E-state index contributed by atoms with van der Waals surface area (Å²) in [6.45, 7) is 4.65. The van der Waals surface area contributed by atoms with Gasteiger partial charge in [0.15, 0.2) is 5.96 Å². The average molecular weight is 344 g/mol. The molecule has 0 aromatic carbocycles. The van der Waals surface area contributed by atoms with Crippen LogP contribution >= 0.6 is 0 Å². The molecule has 2 saturated carbocycles. The normalized spacial score (nSPS) is 26.8. The maximum Gasteiger partial charge on any atom is 0.191 e. The van der Waals surface area contributed by atoms with Crippen LogP contribution in [0.4, 0.5) is 0 Å². The number of rotatable bonds is 9. The summed E-state index contributed by atoms with van der Waals surface area (Å²) in [7, 11) is 1.13. The van der Waals surface area contributed by atoms with E-state index in [1.54, 1.807) is 0 Å². The van der Waals surface area contributed by atoms with Crippen LogP contribution in [0.1, 0.15) is 51.9 Å². The van der Waals surface area contributed by atoms with E-state index in [4.69, 9.17) is 4.74 Å². The minimum Gasteiger partial charge on any atom is -0.381 e. The highest BCUT2D eigenvalue weighted by atomic mass is 32.2. The van der Waals surface area contributed by atoms with Crippen LogP contribution in [0.5, 0.6) is 0 Å². The highest BCUT2D eigenvalue weighted by Gasteiger charge is 2.26. The van der Waals surface area contributed by atoms with Crippen molar-refractivity contribution < 1.29 is 8.95 Å². The molecule has 2 fully saturated rings. The number of aliphatic imine (C=N–C) groups is 1. The molecule has 2 aliphatic rings. The Morgan fingerprint density at radius 3 is 2.83 bits per heavy atom. The summed E-state index contributed by atoms with van der Waals surface area (Å²) in [6.07, 6.45) is 8.08. The molecule has 23 heavy (non-hydrogen) atoms. The van der Waals surface area contributed by atoms with Gasteiger partial charge in [-0.3, -0.25) is 9.20 Å². The molecule has 134 valence electrons. The molecule has 0 radical (unpaired) electrons. The summed E-state index contributed by atoms with van der Waals surface area (Å²) in [4.78, 5) is 4.31. The van der Waals surface area contributed by atoms with E-state index in [1.165, 1.54) is 12.8 Å². The Morgan fingerprint density at radius 1 is 1.30 bits per heavy atom. The van der Waals surface area contributed by atoms with Crippen LogP contribution in [-0.4, -0.2) is 54.0 Å². The smallest absolute Gasteiger partial charge is 0.191 e. The van der Waals surface area contributed by atoms with Crippen molar-refractivity contribution in [3.05, 3.63) is 0 Å². The molecule has 2 N–H and O–H groups in total. The zero-order chi connectivity index (χ0) is 16.5. The fraction of sp³-hybridized carbons (Fsp3) is 0.941. The molecule has 0 saturated heterocycles. The van der Waals surface area contributed by atoms with Crippen LogP contribution in [-0.2, 0) is 15.5 Å². The van der Waals surface area contributed by atoms with Gasteiger partial charge in [-0.1, -0.05) is 13.3 Å². The predicted molar refractivity (Wildman–Crippen MR) is 97.4 cm³/mol. The van der Waals surface area contributed by atoms with Gasteiger partial charge in [-0.2, -0.15) is 0 Å². The third-order valence-corrected chi connectivity index (χ3v) is 6.40. The van der Waals surface area contributed by atoms with Gasteiger partial charge in [-0.05, 0) is 44.4 Å². The Hall–Kier alpha value is -0.620. The lowest BCUT2D eigenvalue weighted by molar-refractivity contribution is 0.123. The molecule has 2 aliphatic carbocycles. The van der Waals surface area contributed by atoms with Crippen molar-refractivity contribution >= 4 is 16.8 Å². The first kappa shape index (κ1) is 18.7. The van der Waals surface area contributed by atoms with Crippen LogP contribution in [0.15, 0.2) is 4.99 Å². The third kappa shape index (κ3) is 7.21. The van der Waals surface area contributed by atoms with E-state index >= 15 is 0 Å². The second kappa shape index (κ2) is 10.3. The first-order chi connectivity index (χ1) is 11.2. The van der Waals surface area contributed by atoms with E-state index in [-0.39, 0.29) is 0 Å². The van der Waals surface area contributed by atoms with E-state index < -0.39 is 10.8 Å². The van der Waals surface area contributed by atoms with Gasteiger partial charge >= 0.3 is 0 Å². The molecule has 6 heteroatoms. The van der Waals surface area contributed by atoms with Crippen molar-refractivity contribution in [2.45, 2.75) is 63.2 Å². The standard InChI is InChI=1S/C17H33N3O2S/c1-3-23(21)16-7-4-6-15(12-16)20-17(18-2)19-10-5-11-22-13-14-8-9-14/h14-16H,3-13H2,1-2H3,(H2,18,19,20). The van der Waals surface area contributed by atoms with E-state index in [0.717, 1.165) is 69.5 Å². The zero-order valence-corrected chi connectivity index (χ0v) is 15.5. The molecular weight excluding hydrogens is 310 g/mol. The van der Waals surface area contributed by atoms with E-state index in [1.807, 2.05) is 14.0 Å². The Bertz CT molecular complexity index is 399. The minimum atomic E-state index is -0.676. The van der Waals surface area contributed by atoms with Gasteiger partial charge in [0.2, 0.25) is 0 Å². The largest absolute Gasteiger partial charge is 0.381 e. The molecule has 0 spiro atoms. The SMILES string of the molecule is CCS(=O)C1CCCC(NC(=NC)NCCCOCC2CC2)C1. The second-order valence-electron chi connectivity index (χ2n) is 6.67. The summed E-state index contributed by atoms with van der Waals surface area (Å²) in [5.41, 5.74) is 0. The van der Waals surface area contributed by atoms with E-state index in [2.05, 4.69) is 15.6 Å². The Labute approximate surface area is 143 Å². The van der Waals surface area contributed by atoms with Gasteiger partial charge in [0.05, 0.1) is 0 Å². The number of hydrogen-bond acceptors (Lipinski definition) is 3. The van der Waals surface area contributed by atoms with Crippen LogP contribution < -0.4 is 10.6 Å². The van der Waals surface area contributed by atoms with Crippen molar-refractivity contribution in [1.82, 2.24) is 10.6 Å². The van der Waals surface area contributed by atoms with Crippen LogP contribution in [0, 0.1) is 5.92 Å². The number of nitrogens with zero attached hydrogens (tertiary/aromatic N) is 1. The molecule has 5 nitrogen and oxygen atoms in total. The lowest BCUT2D eigenvalue weighted by Crippen LogP contribution is -2.46. The van der Waals surface area contributed by atoms with E-state index in [9.17, 15) is 4.21 Å². The summed E-state index contributed by atoms with van der Waals surface area (Å²) < 4.78 is 17.7. The zero-order valence-electron chi connectivity index (χ0n) is 14.7. The lowest BCUT2D eigenvalue weighted by Gasteiger charge is -2.30. The molecule has 0 heterocycles. The van der Waals surface area contributed by atoms with Crippen LogP contribution in [0.25, 0.3) is 0 Å². The maximum absolute atomic E-state index is 12.0. The Balaban J connectivity index is 1.60. The van der Waals surface area contributed by atoms with Gasteiger partial charge in [0, 0.05) is 54.7 Å². The monoisotopic (exact) mass is 343 g/mol. The van der Waals surface area contributed by atoms with Gasteiger partial charge in [0.1, 0.15) is 0 Å². The Morgan fingerprint density at radius 2 is 2.13 bits per heavy atom. The molecule has 0 aliphatic heterocycles. The molecule has 0 aromatic heterocycles. The fourth-order valence-corrected chi connectivity index (χ4v) is 4.40. The van der Waals surface area contributed by atoms with Crippen LogP contribution in [0.2, 0.25) is 0 Å². The summed E-state index contributed by atoms with van der Waals surface area (Å²) >= 11 is 0. The second-order valence-corrected chi connectivity index (χ2v) is 8.68. The first-order valence-corrected chi connectivity index (χ1v) is 10.5. The van der Waals surface area contributed by atoms with Gasteiger partial charge in [0.25, 0.3) is 0 Å². The molecule has 0 aromatic rings. The van der Waals surface area contributed by atoms with Crippen molar-refractivity contribution in [2.75, 3.05) is 32.6 Å². The highest BCUT2D eigenvalue weighted by molar-refractivity contribution is 7.85. The molecule has 3 atom stereocenters. The van der Waals surface area contributed by atoms with Crippen molar-refractivity contribution in [1.29, 1.82) is 0 Å². The van der Waals surface area contributed by atoms with Gasteiger partial charge in [-0.25, -0.2) is 0 Å². The average Bonchev–Trinajstić information content (AvgIpc) is 3.40. The maximum atomic E-state index is 12.0. The minimum absolute atomic E-state index is 0.347.